The van der Waals surface area contributed by atoms with Crippen LogP contribution in [0.5, 0.6) is 0 Å². The SMILES string of the molecule is COC(=O)c1ccc(/C=C(/C(=O)NCc2ccc(C(=O)Nc3ccccc3N)cc2)c2cccs2)cc1. The molecule has 0 unspecified atom stereocenters. The Balaban J connectivity index is 1.43. The maximum atomic E-state index is 13.1. The summed E-state index contributed by atoms with van der Waals surface area (Å²) < 4.78 is 4.74. The van der Waals surface area contributed by atoms with Gasteiger partial charge in [0, 0.05) is 17.0 Å². The minimum atomic E-state index is -0.417. The zero-order valence-electron chi connectivity index (χ0n) is 20.1. The Morgan fingerprint density at radius 2 is 1.59 bits per heavy atom. The van der Waals surface area contributed by atoms with Gasteiger partial charge in [0.15, 0.2) is 0 Å². The number of hydrogen-bond donors (Lipinski definition) is 3. The first-order chi connectivity index (χ1) is 17.9. The van der Waals surface area contributed by atoms with Crippen molar-refractivity contribution in [2.24, 2.45) is 0 Å². The topological polar surface area (TPSA) is 111 Å². The van der Waals surface area contributed by atoms with Gasteiger partial charge < -0.3 is 21.1 Å². The number of nitrogens with one attached hydrogen (secondary N) is 2. The number of anilines is 2. The van der Waals surface area contributed by atoms with Crippen LogP contribution in [0.1, 0.15) is 36.7 Å². The molecular formula is C29H25N3O4S. The molecule has 186 valence electrons. The molecule has 3 aromatic carbocycles. The number of amides is 2. The molecule has 0 aliphatic rings. The molecule has 7 nitrogen and oxygen atoms in total. The summed E-state index contributed by atoms with van der Waals surface area (Å²) in [5, 5.41) is 7.65. The number of ether oxygens (including phenoxy) is 1. The van der Waals surface area contributed by atoms with Gasteiger partial charge in [-0.05, 0) is 65.0 Å². The van der Waals surface area contributed by atoms with E-state index in [2.05, 4.69) is 10.6 Å². The van der Waals surface area contributed by atoms with Gasteiger partial charge in [0.2, 0.25) is 0 Å². The molecule has 0 aliphatic heterocycles. The fourth-order valence-corrected chi connectivity index (χ4v) is 4.28. The van der Waals surface area contributed by atoms with Gasteiger partial charge in [-0.15, -0.1) is 11.3 Å². The minimum absolute atomic E-state index is 0.235. The highest BCUT2D eigenvalue weighted by Gasteiger charge is 2.14. The molecule has 0 atom stereocenters. The summed E-state index contributed by atoms with van der Waals surface area (Å²) in [6.45, 7) is 0.288. The van der Waals surface area contributed by atoms with E-state index in [0.717, 1.165) is 16.0 Å². The van der Waals surface area contributed by atoms with Gasteiger partial charge in [-0.2, -0.15) is 0 Å². The molecule has 4 rings (SSSR count). The number of nitrogens with two attached hydrogens (primary N) is 1. The highest BCUT2D eigenvalue weighted by Crippen LogP contribution is 2.24. The Kier molecular flexibility index (Phi) is 8.12. The van der Waals surface area contributed by atoms with E-state index in [0.29, 0.717) is 28.1 Å². The molecule has 4 aromatic rings. The summed E-state index contributed by atoms with van der Waals surface area (Å²) in [4.78, 5) is 38.2. The number of para-hydroxylation sites is 2. The zero-order valence-corrected chi connectivity index (χ0v) is 20.9. The third-order valence-corrected chi connectivity index (χ3v) is 6.46. The van der Waals surface area contributed by atoms with E-state index in [4.69, 9.17) is 10.5 Å². The normalized spacial score (nSPS) is 11.0. The van der Waals surface area contributed by atoms with Crippen LogP contribution in [0.2, 0.25) is 0 Å². The first-order valence-corrected chi connectivity index (χ1v) is 12.3. The van der Waals surface area contributed by atoms with Gasteiger partial charge in [-0.1, -0.05) is 42.5 Å². The van der Waals surface area contributed by atoms with Gasteiger partial charge in [0.05, 0.1) is 29.6 Å². The van der Waals surface area contributed by atoms with Crippen molar-refractivity contribution in [2.75, 3.05) is 18.2 Å². The number of carbonyl (C=O) groups excluding carboxylic acids is 3. The van der Waals surface area contributed by atoms with E-state index in [1.165, 1.54) is 18.4 Å². The van der Waals surface area contributed by atoms with Crippen molar-refractivity contribution in [3.05, 3.63) is 117 Å². The number of benzene rings is 3. The highest BCUT2D eigenvalue weighted by atomic mass is 32.1. The van der Waals surface area contributed by atoms with Crippen molar-refractivity contribution in [3.63, 3.8) is 0 Å². The molecule has 1 heterocycles. The standard InChI is InChI=1S/C29H25N3O4S/c1-36-29(35)22-14-8-19(9-15-22)17-23(26-7-4-16-37-26)28(34)31-18-20-10-12-21(13-11-20)27(33)32-25-6-3-2-5-24(25)30/h2-17H,18,30H2,1H3,(H,31,34)(H,32,33)/b23-17+. The quantitative estimate of drug-likeness (QED) is 0.171. The second kappa shape index (κ2) is 11.8. The van der Waals surface area contributed by atoms with Crippen LogP contribution in [0.25, 0.3) is 11.6 Å². The van der Waals surface area contributed by atoms with Crippen LogP contribution in [0.3, 0.4) is 0 Å². The predicted octanol–water partition coefficient (Wildman–Crippen LogP) is 5.23. The molecule has 0 fully saturated rings. The molecule has 8 heteroatoms. The summed E-state index contributed by atoms with van der Waals surface area (Å²) in [5.74, 6) is -0.921. The van der Waals surface area contributed by atoms with E-state index >= 15 is 0 Å². The summed E-state index contributed by atoms with van der Waals surface area (Å²) in [6.07, 6.45) is 1.78. The number of esters is 1. The number of carbonyl (C=O) groups is 3. The van der Waals surface area contributed by atoms with Gasteiger partial charge in [-0.25, -0.2) is 4.79 Å². The van der Waals surface area contributed by atoms with Crippen molar-refractivity contribution in [2.45, 2.75) is 6.54 Å². The van der Waals surface area contributed by atoms with Crippen molar-refractivity contribution >= 4 is 52.1 Å². The molecule has 0 saturated heterocycles. The number of hydrogen-bond acceptors (Lipinski definition) is 6. The lowest BCUT2D eigenvalue weighted by Crippen LogP contribution is -2.23. The lowest BCUT2D eigenvalue weighted by molar-refractivity contribution is -0.115. The fraction of sp³-hybridized carbons (Fsp3) is 0.0690. The van der Waals surface area contributed by atoms with Crippen molar-refractivity contribution in [1.82, 2.24) is 5.32 Å². The summed E-state index contributed by atoms with van der Waals surface area (Å²) >= 11 is 1.46. The van der Waals surface area contributed by atoms with Gasteiger partial charge in [0.25, 0.3) is 11.8 Å². The van der Waals surface area contributed by atoms with Crippen LogP contribution in [0.4, 0.5) is 11.4 Å². The van der Waals surface area contributed by atoms with E-state index in [1.807, 2.05) is 17.5 Å². The minimum Gasteiger partial charge on any atom is -0.465 e. The van der Waals surface area contributed by atoms with Crippen molar-refractivity contribution in [1.29, 1.82) is 0 Å². The summed E-state index contributed by atoms with van der Waals surface area (Å²) in [7, 11) is 1.33. The third-order valence-electron chi connectivity index (χ3n) is 5.55. The Hall–Kier alpha value is -4.69. The molecule has 1 aromatic heterocycles. The maximum Gasteiger partial charge on any atom is 0.337 e. The lowest BCUT2D eigenvalue weighted by atomic mass is 10.1. The monoisotopic (exact) mass is 511 g/mol. The highest BCUT2D eigenvalue weighted by molar-refractivity contribution is 7.11. The summed E-state index contributed by atoms with van der Waals surface area (Å²) in [5.41, 5.74) is 9.99. The first-order valence-electron chi connectivity index (χ1n) is 11.4. The molecule has 0 aliphatic carbocycles. The Morgan fingerprint density at radius 3 is 2.24 bits per heavy atom. The molecule has 4 N–H and O–H groups in total. The van der Waals surface area contributed by atoms with Gasteiger partial charge in [0.1, 0.15) is 0 Å². The van der Waals surface area contributed by atoms with Crippen LogP contribution in [0.15, 0.2) is 90.3 Å². The van der Waals surface area contributed by atoms with Crippen LogP contribution in [-0.2, 0) is 16.1 Å². The lowest BCUT2D eigenvalue weighted by Gasteiger charge is -2.10. The Morgan fingerprint density at radius 1 is 0.892 bits per heavy atom. The van der Waals surface area contributed by atoms with E-state index in [9.17, 15) is 14.4 Å². The molecule has 0 radical (unpaired) electrons. The third kappa shape index (κ3) is 6.50. The zero-order chi connectivity index (χ0) is 26.2. The van der Waals surface area contributed by atoms with Crippen LogP contribution in [0, 0.1) is 0 Å². The number of methoxy groups -OCH3 is 1. The number of nitrogen functional groups attached to an aromatic ring is 1. The van der Waals surface area contributed by atoms with Gasteiger partial charge in [-0.3, -0.25) is 9.59 Å². The second-order valence-electron chi connectivity index (χ2n) is 8.07. The molecule has 0 bridgehead atoms. The molecule has 0 spiro atoms. The average molecular weight is 512 g/mol. The van der Waals surface area contributed by atoms with Crippen molar-refractivity contribution < 1.29 is 19.1 Å². The van der Waals surface area contributed by atoms with Crippen LogP contribution >= 0.6 is 11.3 Å². The maximum absolute atomic E-state index is 13.1. The van der Waals surface area contributed by atoms with Gasteiger partial charge >= 0.3 is 5.97 Å². The number of rotatable bonds is 8. The number of thiophene rings is 1. The molecule has 37 heavy (non-hydrogen) atoms. The molecule has 0 saturated carbocycles. The van der Waals surface area contributed by atoms with E-state index < -0.39 is 5.97 Å². The second-order valence-corrected chi connectivity index (χ2v) is 9.02. The largest absolute Gasteiger partial charge is 0.465 e. The predicted molar refractivity (Wildman–Crippen MR) is 147 cm³/mol. The van der Waals surface area contributed by atoms with E-state index in [1.54, 1.807) is 78.9 Å². The Bertz CT molecular complexity index is 1430. The average Bonchev–Trinajstić information content (AvgIpc) is 3.46. The fourth-order valence-electron chi connectivity index (χ4n) is 3.54. The summed E-state index contributed by atoms with van der Waals surface area (Å²) in [6, 6.07) is 24.7. The smallest absolute Gasteiger partial charge is 0.337 e. The van der Waals surface area contributed by atoms with Crippen molar-refractivity contribution in [3.8, 4) is 0 Å². The Labute approximate surface area is 218 Å². The van der Waals surface area contributed by atoms with Crippen LogP contribution in [-0.4, -0.2) is 24.9 Å². The van der Waals surface area contributed by atoms with Crippen LogP contribution < -0.4 is 16.4 Å². The molecule has 2 amide bonds. The van der Waals surface area contributed by atoms with E-state index in [-0.39, 0.29) is 18.4 Å². The first kappa shape index (κ1) is 25.4. The molecular weight excluding hydrogens is 486 g/mol.